The molecule has 0 bridgehead atoms. The van der Waals surface area contributed by atoms with Crippen molar-refractivity contribution in [3.63, 3.8) is 0 Å². The largest absolute Gasteiger partial charge is 0.481 e. The molecular formula is C51H92O3. The number of carboxylic acid groups (broad SMARTS) is 1. The van der Waals surface area contributed by atoms with Crippen molar-refractivity contribution in [1.82, 2.24) is 0 Å². The SMILES string of the molecule is CC(C)CCCC(C)[C@H]1CC[C@H]2[C@@H]3CC=C4C[C@@H](O)CC[C@]4(C)[C@H]3CC[C@]12C.CCCCCCCC/C=C\CCCCCCCCCCCCCC(=O)O. The van der Waals surface area contributed by atoms with Gasteiger partial charge in [0.25, 0.3) is 0 Å². The smallest absolute Gasteiger partial charge is 0.303 e. The number of fused-ring (bicyclic) bond motifs is 5. The first-order chi connectivity index (χ1) is 26.0. The van der Waals surface area contributed by atoms with Gasteiger partial charge >= 0.3 is 5.97 Å². The summed E-state index contributed by atoms with van der Waals surface area (Å²) in [5.74, 6) is 4.80. The first-order valence-electron chi connectivity index (χ1n) is 24.3. The Morgan fingerprint density at radius 1 is 0.722 bits per heavy atom. The van der Waals surface area contributed by atoms with Crippen LogP contribution in [0.2, 0.25) is 0 Å². The molecule has 3 fully saturated rings. The van der Waals surface area contributed by atoms with Gasteiger partial charge in [0.05, 0.1) is 6.10 Å². The van der Waals surface area contributed by atoms with Crippen LogP contribution in [0.4, 0.5) is 0 Å². The first kappa shape index (κ1) is 47.3. The zero-order chi connectivity index (χ0) is 39.2. The molecule has 0 saturated heterocycles. The normalized spacial score (nSPS) is 29.6. The van der Waals surface area contributed by atoms with Crippen molar-refractivity contribution >= 4 is 5.97 Å². The van der Waals surface area contributed by atoms with Gasteiger partial charge in [0.15, 0.2) is 0 Å². The van der Waals surface area contributed by atoms with Crippen LogP contribution in [-0.4, -0.2) is 22.3 Å². The molecule has 0 amide bonds. The Labute approximate surface area is 336 Å². The lowest BCUT2D eigenvalue weighted by atomic mass is 9.47. The molecule has 3 heteroatoms. The van der Waals surface area contributed by atoms with Gasteiger partial charge in [0, 0.05) is 6.42 Å². The number of hydrogen-bond acceptors (Lipinski definition) is 2. The average molecular weight is 753 g/mol. The second-order valence-corrected chi connectivity index (χ2v) is 20.0. The van der Waals surface area contributed by atoms with Crippen molar-refractivity contribution in [1.29, 1.82) is 0 Å². The highest BCUT2D eigenvalue weighted by atomic mass is 16.4. The molecule has 54 heavy (non-hydrogen) atoms. The van der Waals surface area contributed by atoms with Crippen molar-refractivity contribution in [3.8, 4) is 0 Å². The summed E-state index contributed by atoms with van der Waals surface area (Å²) in [6.07, 6.45) is 47.2. The topological polar surface area (TPSA) is 57.5 Å². The number of allylic oxidation sites excluding steroid dienone is 3. The first-order valence-corrected chi connectivity index (χ1v) is 24.3. The number of aliphatic hydroxyl groups is 1. The molecule has 0 aromatic carbocycles. The highest BCUT2D eigenvalue weighted by Crippen LogP contribution is 2.67. The molecule has 0 spiro atoms. The van der Waals surface area contributed by atoms with E-state index in [0.717, 1.165) is 61.2 Å². The Hall–Kier alpha value is -1.09. The van der Waals surface area contributed by atoms with Gasteiger partial charge in [0.2, 0.25) is 0 Å². The average Bonchev–Trinajstić information content (AvgIpc) is 3.50. The minimum absolute atomic E-state index is 0.0766. The Morgan fingerprint density at radius 2 is 1.30 bits per heavy atom. The molecular weight excluding hydrogens is 661 g/mol. The molecule has 0 aliphatic heterocycles. The van der Waals surface area contributed by atoms with E-state index in [1.54, 1.807) is 5.57 Å². The van der Waals surface area contributed by atoms with Crippen LogP contribution in [0.25, 0.3) is 0 Å². The van der Waals surface area contributed by atoms with Gasteiger partial charge in [-0.3, -0.25) is 4.79 Å². The van der Waals surface area contributed by atoms with E-state index < -0.39 is 5.97 Å². The number of aliphatic hydroxyl groups excluding tert-OH is 1. The van der Waals surface area contributed by atoms with Crippen molar-refractivity contribution in [2.45, 2.75) is 247 Å². The molecule has 3 saturated carbocycles. The minimum atomic E-state index is -0.654. The van der Waals surface area contributed by atoms with E-state index in [9.17, 15) is 9.90 Å². The van der Waals surface area contributed by atoms with Gasteiger partial charge in [-0.15, -0.1) is 0 Å². The van der Waals surface area contributed by atoms with E-state index in [1.165, 1.54) is 167 Å². The quantitative estimate of drug-likeness (QED) is 0.0683. The van der Waals surface area contributed by atoms with Gasteiger partial charge in [-0.05, 0) is 130 Å². The van der Waals surface area contributed by atoms with Crippen LogP contribution in [0, 0.1) is 46.3 Å². The maximum atomic E-state index is 10.4. The number of rotatable bonds is 26. The van der Waals surface area contributed by atoms with Crippen LogP contribution in [0.15, 0.2) is 23.8 Å². The molecule has 0 heterocycles. The zero-order valence-electron chi connectivity index (χ0n) is 37.0. The lowest BCUT2D eigenvalue weighted by molar-refractivity contribution is -0.137. The molecule has 0 aromatic rings. The van der Waals surface area contributed by atoms with E-state index >= 15 is 0 Å². The van der Waals surface area contributed by atoms with E-state index in [-0.39, 0.29) is 6.10 Å². The van der Waals surface area contributed by atoms with Crippen LogP contribution < -0.4 is 0 Å². The lowest BCUT2D eigenvalue weighted by Gasteiger charge is -2.58. The summed E-state index contributed by atoms with van der Waals surface area (Å²) >= 11 is 0. The molecule has 0 radical (unpaired) electrons. The Kier molecular flexibility index (Phi) is 22.8. The predicted octanol–water partition coefficient (Wildman–Crippen LogP) is 15.8. The highest BCUT2D eigenvalue weighted by Gasteiger charge is 2.59. The number of hydrogen-bond donors (Lipinski definition) is 2. The van der Waals surface area contributed by atoms with Crippen molar-refractivity contribution in [2.75, 3.05) is 0 Å². The standard InChI is InChI=1S/C27H46O.C24H46O2/c1-18(2)7-6-8-19(3)23-11-12-24-22-10-9-20-17-21(28)13-15-26(20,4)25(22)14-16-27(23,24)5;1-2-3-4-5-6-7-8-9-10-11-12-13-14-15-16-17-18-19-20-21-22-23-24(25)26/h9,18-19,21-25,28H,6-8,10-17H2,1-5H3;9-10H,2-8,11-23H2,1H3,(H,25,26)/b;10-9-/t19?,21-,22-,23+,24-,25-,26-,27+;/m0./s1. The molecule has 3 nitrogen and oxygen atoms in total. The second kappa shape index (κ2) is 26.0. The Bertz CT molecular complexity index is 1060. The monoisotopic (exact) mass is 753 g/mol. The van der Waals surface area contributed by atoms with Gasteiger partial charge in [0.1, 0.15) is 0 Å². The number of carboxylic acids is 1. The molecule has 4 rings (SSSR count). The Morgan fingerprint density at radius 3 is 1.87 bits per heavy atom. The van der Waals surface area contributed by atoms with E-state index in [0.29, 0.717) is 17.3 Å². The molecule has 2 N–H and O–H groups in total. The van der Waals surface area contributed by atoms with Crippen molar-refractivity contribution < 1.29 is 15.0 Å². The van der Waals surface area contributed by atoms with E-state index in [1.807, 2.05) is 0 Å². The van der Waals surface area contributed by atoms with Crippen LogP contribution in [0.3, 0.4) is 0 Å². The summed E-state index contributed by atoms with van der Waals surface area (Å²) in [4.78, 5) is 10.4. The fourth-order valence-electron chi connectivity index (χ4n) is 12.1. The molecule has 4 aliphatic carbocycles. The van der Waals surface area contributed by atoms with Crippen molar-refractivity contribution in [3.05, 3.63) is 23.8 Å². The molecule has 4 aliphatic rings. The summed E-state index contributed by atoms with van der Waals surface area (Å²) < 4.78 is 0. The third kappa shape index (κ3) is 15.7. The maximum absolute atomic E-state index is 10.4. The summed E-state index contributed by atoms with van der Waals surface area (Å²) in [5, 5.41) is 18.8. The predicted molar refractivity (Wildman–Crippen MR) is 234 cm³/mol. The number of aliphatic carboxylic acids is 1. The number of carbonyl (C=O) groups is 1. The summed E-state index contributed by atoms with van der Waals surface area (Å²) in [6, 6.07) is 0. The lowest BCUT2D eigenvalue weighted by Crippen LogP contribution is -2.50. The van der Waals surface area contributed by atoms with Crippen LogP contribution in [0.5, 0.6) is 0 Å². The van der Waals surface area contributed by atoms with E-state index in [4.69, 9.17) is 5.11 Å². The summed E-state index contributed by atoms with van der Waals surface area (Å²) in [5.41, 5.74) is 2.60. The van der Waals surface area contributed by atoms with Gasteiger partial charge in [-0.25, -0.2) is 0 Å². The molecule has 1 unspecified atom stereocenters. The van der Waals surface area contributed by atoms with Crippen LogP contribution in [0.1, 0.15) is 241 Å². The van der Waals surface area contributed by atoms with Crippen molar-refractivity contribution in [2.24, 2.45) is 46.3 Å². The van der Waals surface area contributed by atoms with E-state index in [2.05, 4.69) is 59.8 Å². The molecule has 0 aromatic heterocycles. The molecule has 314 valence electrons. The zero-order valence-corrected chi connectivity index (χ0v) is 37.0. The van der Waals surface area contributed by atoms with Gasteiger partial charge < -0.3 is 10.2 Å². The van der Waals surface area contributed by atoms with Crippen LogP contribution in [-0.2, 0) is 4.79 Å². The highest BCUT2D eigenvalue weighted by molar-refractivity contribution is 5.66. The summed E-state index contributed by atoms with van der Waals surface area (Å²) in [7, 11) is 0. The van der Waals surface area contributed by atoms with Gasteiger partial charge in [-0.2, -0.15) is 0 Å². The maximum Gasteiger partial charge on any atom is 0.303 e. The summed E-state index contributed by atoms with van der Waals surface area (Å²) in [6.45, 7) is 14.8. The number of unbranched alkanes of at least 4 members (excludes halogenated alkanes) is 17. The fourth-order valence-corrected chi connectivity index (χ4v) is 12.1. The molecule has 8 atom stereocenters. The van der Waals surface area contributed by atoms with Gasteiger partial charge in [-0.1, -0.05) is 174 Å². The fraction of sp³-hybridized carbons (Fsp3) is 0.902. The second-order valence-electron chi connectivity index (χ2n) is 20.0. The Balaban J connectivity index is 0.000000292. The third-order valence-electron chi connectivity index (χ3n) is 15.4. The minimum Gasteiger partial charge on any atom is -0.481 e. The third-order valence-corrected chi connectivity index (χ3v) is 15.4. The van der Waals surface area contributed by atoms with Crippen LogP contribution >= 0.6 is 0 Å².